The minimum Gasteiger partial charge on any atom is -0.466 e. The Balaban J connectivity index is 0.00000220. The molecule has 6 nitrogen and oxygen atoms in total. The molecule has 1 heterocycles. The molecule has 2 rings (SSSR count). The molecule has 2 unspecified atom stereocenters. The zero-order valence-electron chi connectivity index (χ0n) is 12.3. The summed E-state index contributed by atoms with van der Waals surface area (Å²) in [7, 11) is 0. The third-order valence-corrected chi connectivity index (χ3v) is 4.12. The lowest BCUT2D eigenvalue weighted by Gasteiger charge is -2.28. The van der Waals surface area contributed by atoms with Crippen molar-refractivity contribution in [3.05, 3.63) is 0 Å². The van der Waals surface area contributed by atoms with Crippen LogP contribution in [-0.2, 0) is 14.3 Å². The molecule has 2 fully saturated rings. The first-order chi connectivity index (χ1) is 9.60. The summed E-state index contributed by atoms with van der Waals surface area (Å²) in [6.07, 6.45) is 3.21. The van der Waals surface area contributed by atoms with Crippen LogP contribution >= 0.6 is 12.4 Å². The van der Waals surface area contributed by atoms with Gasteiger partial charge in [0.1, 0.15) is 0 Å². The van der Waals surface area contributed by atoms with E-state index in [1.807, 2.05) is 6.92 Å². The SMILES string of the molecule is CCOC(=O)C1CCC(NC(=O)C2CC(O)CN2)CC1.Cl. The fraction of sp³-hybridized carbons (Fsp3) is 0.857. The van der Waals surface area contributed by atoms with Gasteiger partial charge in [0, 0.05) is 12.6 Å². The molecule has 0 bridgehead atoms. The Bertz CT molecular complexity index is 359. The molecule has 1 saturated heterocycles. The van der Waals surface area contributed by atoms with E-state index >= 15 is 0 Å². The van der Waals surface area contributed by atoms with Crippen LogP contribution in [0, 0.1) is 5.92 Å². The molecule has 0 aromatic rings. The number of aliphatic hydroxyl groups is 1. The third-order valence-electron chi connectivity index (χ3n) is 4.12. The number of hydrogen-bond acceptors (Lipinski definition) is 5. The Kier molecular flexibility index (Phi) is 7.42. The third kappa shape index (κ3) is 5.13. The van der Waals surface area contributed by atoms with Crippen molar-refractivity contribution >= 4 is 24.3 Å². The maximum Gasteiger partial charge on any atom is 0.308 e. The molecule has 0 aromatic carbocycles. The van der Waals surface area contributed by atoms with Gasteiger partial charge in [-0.3, -0.25) is 9.59 Å². The van der Waals surface area contributed by atoms with Crippen LogP contribution < -0.4 is 10.6 Å². The fourth-order valence-corrected chi connectivity index (χ4v) is 2.95. The summed E-state index contributed by atoms with van der Waals surface area (Å²) in [6.45, 7) is 2.71. The van der Waals surface area contributed by atoms with Gasteiger partial charge in [-0.05, 0) is 39.0 Å². The van der Waals surface area contributed by atoms with E-state index in [0.29, 0.717) is 19.6 Å². The molecule has 7 heteroatoms. The standard InChI is InChI=1S/C14H24N2O4.ClH/c1-2-20-14(19)9-3-5-10(6-4-9)16-13(18)12-7-11(17)8-15-12;/h9-12,15,17H,2-8H2,1H3,(H,16,18);1H. The number of carbonyl (C=O) groups excluding carboxylic acids is 2. The van der Waals surface area contributed by atoms with Crippen LogP contribution in [0.4, 0.5) is 0 Å². The van der Waals surface area contributed by atoms with E-state index in [4.69, 9.17) is 4.74 Å². The van der Waals surface area contributed by atoms with Gasteiger partial charge in [0.15, 0.2) is 0 Å². The molecule has 2 aliphatic rings. The van der Waals surface area contributed by atoms with Gasteiger partial charge in [0.25, 0.3) is 0 Å². The highest BCUT2D eigenvalue weighted by Gasteiger charge is 2.32. The summed E-state index contributed by atoms with van der Waals surface area (Å²) in [5.41, 5.74) is 0. The van der Waals surface area contributed by atoms with Crippen molar-refractivity contribution in [1.82, 2.24) is 10.6 Å². The van der Waals surface area contributed by atoms with Gasteiger partial charge in [-0.15, -0.1) is 12.4 Å². The number of esters is 1. The lowest BCUT2D eigenvalue weighted by Crippen LogP contribution is -2.46. The first-order valence-electron chi connectivity index (χ1n) is 7.48. The molecule has 1 amide bonds. The number of rotatable bonds is 4. The Hall–Kier alpha value is -0.850. The largest absolute Gasteiger partial charge is 0.466 e. The van der Waals surface area contributed by atoms with Crippen LogP contribution in [0.5, 0.6) is 0 Å². The van der Waals surface area contributed by atoms with Crippen molar-refractivity contribution in [3.63, 3.8) is 0 Å². The van der Waals surface area contributed by atoms with Crippen molar-refractivity contribution in [2.24, 2.45) is 5.92 Å². The Morgan fingerprint density at radius 1 is 1.29 bits per heavy atom. The van der Waals surface area contributed by atoms with E-state index in [2.05, 4.69) is 10.6 Å². The Labute approximate surface area is 131 Å². The van der Waals surface area contributed by atoms with Gasteiger partial charge in [0.2, 0.25) is 5.91 Å². The molecule has 122 valence electrons. The summed E-state index contributed by atoms with van der Waals surface area (Å²) in [6, 6.07) is -0.152. The van der Waals surface area contributed by atoms with Crippen LogP contribution in [0.25, 0.3) is 0 Å². The van der Waals surface area contributed by atoms with E-state index in [9.17, 15) is 14.7 Å². The summed E-state index contributed by atoms with van der Waals surface area (Å²) in [5, 5.41) is 15.4. The first kappa shape index (κ1) is 18.2. The molecular weight excluding hydrogens is 296 g/mol. The van der Waals surface area contributed by atoms with Crippen molar-refractivity contribution in [2.45, 2.75) is 57.2 Å². The van der Waals surface area contributed by atoms with Gasteiger partial charge in [0.05, 0.1) is 24.7 Å². The molecular formula is C14H25ClN2O4. The second-order valence-electron chi connectivity index (χ2n) is 5.66. The van der Waals surface area contributed by atoms with Crippen LogP contribution in [-0.4, -0.2) is 48.3 Å². The van der Waals surface area contributed by atoms with Gasteiger partial charge in [-0.2, -0.15) is 0 Å². The fourth-order valence-electron chi connectivity index (χ4n) is 2.95. The van der Waals surface area contributed by atoms with Crippen LogP contribution in [0.2, 0.25) is 0 Å². The molecule has 3 N–H and O–H groups in total. The van der Waals surface area contributed by atoms with E-state index < -0.39 is 6.10 Å². The smallest absolute Gasteiger partial charge is 0.308 e. The molecule has 1 aliphatic carbocycles. The number of ether oxygens (including phenoxy) is 1. The summed E-state index contributed by atoms with van der Waals surface area (Å²) >= 11 is 0. The van der Waals surface area contributed by atoms with E-state index in [-0.39, 0.29) is 42.3 Å². The molecule has 21 heavy (non-hydrogen) atoms. The minimum absolute atomic E-state index is 0. The van der Waals surface area contributed by atoms with Gasteiger partial charge in [-0.25, -0.2) is 0 Å². The van der Waals surface area contributed by atoms with E-state index in [0.717, 1.165) is 25.7 Å². The topological polar surface area (TPSA) is 87.7 Å². The van der Waals surface area contributed by atoms with Crippen molar-refractivity contribution < 1.29 is 19.4 Å². The lowest BCUT2D eigenvalue weighted by molar-refractivity contribution is -0.149. The van der Waals surface area contributed by atoms with Crippen LogP contribution in [0.1, 0.15) is 39.0 Å². The maximum absolute atomic E-state index is 12.0. The normalized spacial score (nSPS) is 32.1. The molecule has 0 aromatic heterocycles. The molecule has 0 radical (unpaired) electrons. The highest BCUT2D eigenvalue weighted by molar-refractivity contribution is 5.85. The summed E-state index contributed by atoms with van der Waals surface area (Å²) in [4.78, 5) is 23.6. The zero-order chi connectivity index (χ0) is 14.5. The summed E-state index contributed by atoms with van der Waals surface area (Å²) < 4.78 is 5.03. The van der Waals surface area contributed by atoms with Gasteiger partial charge >= 0.3 is 5.97 Å². The van der Waals surface area contributed by atoms with E-state index in [1.54, 1.807) is 0 Å². The number of halogens is 1. The predicted molar refractivity (Wildman–Crippen MR) is 80.2 cm³/mol. The van der Waals surface area contributed by atoms with Gasteiger partial charge < -0.3 is 20.5 Å². The number of aliphatic hydroxyl groups excluding tert-OH is 1. The average molecular weight is 321 g/mol. The van der Waals surface area contributed by atoms with Crippen molar-refractivity contribution in [2.75, 3.05) is 13.2 Å². The number of β-amino-alcohol motifs (C(OH)–C–C–N with tert-alkyl or cyclic N) is 1. The predicted octanol–water partition coefficient (Wildman–Crippen LogP) is 0.369. The molecule has 1 aliphatic heterocycles. The zero-order valence-corrected chi connectivity index (χ0v) is 13.2. The Morgan fingerprint density at radius 2 is 1.95 bits per heavy atom. The second kappa shape index (κ2) is 8.56. The first-order valence-corrected chi connectivity index (χ1v) is 7.48. The lowest BCUT2D eigenvalue weighted by atomic mass is 9.86. The molecule has 0 spiro atoms. The average Bonchev–Trinajstić information content (AvgIpc) is 2.86. The molecule has 1 saturated carbocycles. The second-order valence-corrected chi connectivity index (χ2v) is 5.66. The number of amides is 1. The maximum atomic E-state index is 12.0. The van der Waals surface area contributed by atoms with Gasteiger partial charge in [-0.1, -0.05) is 0 Å². The molecule has 2 atom stereocenters. The van der Waals surface area contributed by atoms with E-state index in [1.165, 1.54) is 0 Å². The number of nitrogens with one attached hydrogen (secondary N) is 2. The highest BCUT2D eigenvalue weighted by atomic mass is 35.5. The highest BCUT2D eigenvalue weighted by Crippen LogP contribution is 2.25. The van der Waals surface area contributed by atoms with Crippen LogP contribution in [0.3, 0.4) is 0 Å². The Morgan fingerprint density at radius 3 is 2.48 bits per heavy atom. The van der Waals surface area contributed by atoms with Crippen molar-refractivity contribution in [3.8, 4) is 0 Å². The minimum atomic E-state index is -0.426. The van der Waals surface area contributed by atoms with Crippen molar-refractivity contribution in [1.29, 1.82) is 0 Å². The monoisotopic (exact) mass is 320 g/mol. The van der Waals surface area contributed by atoms with Crippen LogP contribution in [0.15, 0.2) is 0 Å². The quantitative estimate of drug-likeness (QED) is 0.651. The number of hydrogen-bond donors (Lipinski definition) is 3. The summed E-state index contributed by atoms with van der Waals surface area (Å²) in [5.74, 6) is -0.173. The number of carbonyl (C=O) groups is 2.